The first-order chi connectivity index (χ1) is 14.8. The van der Waals surface area contributed by atoms with Crippen LogP contribution in [0.1, 0.15) is 44.3 Å². The van der Waals surface area contributed by atoms with E-state index in [2.05, 4.69) is 26.8 Å². The molecule has 11 nitrogen and oxygen atoms in total. The molecule has 2 aromatic heterocycles. The lowest BCUT2D eigenvalue weighted by Crippen LogP contribution is -2.46. The van der Waals surface area contributed by atoms with Gasteiger partial charge in [0.2, 0.25) is 0 Å². The van der Waals surface area contributed by atoms with Crippen LogP contribution in [0.2, 0.25) is 0 Å². The number of fused-ring (bicyclic) bond motifs is 1. The van der Waals surface area contributed by atoms with E-state index in [1.807, 2.05) is 0 Å². The van der Waals surface area contributed by atoms with Gasteiger partial charge in [-0.1, -0.05) is 6.58 Å². The second-order valence-corrected chi connectivity index (χ2v) is 8.24. The van der Waals surface area contributed by atoms with Crippen molar-refractivity contribution in [1.82, 2.24) is 24.8 Å². The van der Waals surface area contributed by atoms with Crippen LogP contribution in [0.25, 0.3) is 11.2 Å². The maximum atomic E-state index is 12.4. The number of ether oxygens (including phenoxy) is 1. The average molecular weight is 432 g/mol. The van der Waals surface area contributed by atoms with Gasteiger partial charge in [-0.3, -0.25) is 9.36 Å². The molecular formula is C20H28N6O5. The number of carbonyl (C=O) groups excluding carboxylic acids is 1. The van der Waals surface area contributed by atoms with E-state index >= 15 is 0 Å². The summed E-state index contributed by atoms with van der Waals surface area (Å²) >= 11 is 0. The molecule has 0 saturated heterocycles. The van der Waals surface area contributed by atoms with Gasteiger partial charge >= 0.3 is 0 Å². The normalized spacial score (nSPS) is 23.6. The lowest BCUT2D eigenvalue weighted by Gasteiger charge is -2.32. The molecule has 2 unspecified atom stereocenters. The van der Waals surface area contributed by atoms with E-state index in [-0.39, 0.29) is 24.4 Å². The Hall–Kier alpha value is -2.60. The number of nitrogens with zero attached hydrogens (tertiary/aromatic N) is 4. The summed E-state index contributed by atoms with van der Waals surface area (Å²) in [6.07, 6.45) is 3.45. The largest absolute Gasteiger partial charge is 0.394 e. The molecule has 4 rings (SSSR count). The maximum absolute atomic E-state index is 12.4. The number of nitrogens with two attached hydrogens (primary N) is 1. The van der Waals surface area contributed by atoms with Crippen molar-refractivity contribution in [2.24, 2.45) is 0 Å². The number of hydrogen-bond donors (Lipinski definition) is 5. The summed E-state index contributed by atoms with van der Waals surface area (Å²) in [4.78, 5) is 25.4. The first-order valence-corrected chi connectivity index (χ1v) is 10.4. The Balaban J connectivity index is 1.59. The smallest absolute Gasteiger partial charge is 0.252 e. The van der Waals surface area contributed by atoms with Crippen LogP contribution in [0.3, 0.4) is 0 Å². The van der Waals surface area contributed by atoms with Crippen molar-refractivity contribution in [1.29, 1.82) is 0 Å². The molecule has 31 heavy (non-hydrogen) atoms. The van der Waals surface area contributed by atoms with Crippen molar-refractivity contribution in [2.75, 3.05) is 12.3 Å². The minimum Gasteiger partial charge on any atom is -0.394 e. The number of hydrogen-bond acceptors (Lipinski definition) is 9. The summed E-state index contributed by atoms with van der Waals surface area (Å²) in [5.74, 6) is -0.220. The Morgan fingerprint density at radius 1 is 1.42 bits per heavy atom. The van der Waals surface area contributed by atoms with Crippen molar-refractivity contribution in [3.63, 3.8) is 0 Å². The number of aromatic nitrogens is 4. The number of anilines is 1. The van der Waals surface area contributed by atoms with Gasteiger partial charge < -0.3 is 31.1 Å². The molecule has 0 radical (unpaired) electrons. The first-order valence-electron chi connectivity index (χ1n) is 10.4. The number of amides is 1. The summed E-state index contributed by atoms with van der Waals surface area (Å²) in [5, 5.41) is 33.2. The number of aliphatic hydroxyl groups excluding tert-OH is 2. The molecule has 2 fully saturated rings. The van der Waals surface area contributed by atoms with Crippen LogP contribution in [-0.4, -0.2) is 65.6 Å². The van der Waals surface area contributed by atoms with Crippen molar-refractivity contribution in [3.05, 3.63) is 24.3 Å². The highest BCUT2D eigenvalue weighted by Gasteiger charge is 2.38. The van der Waals surface area contributed by atoms with E-state index in [9.17, 15) is 20.1 Å². The molecule has 2 aromatic rings. The van der Waals surface area contributed by atoms with Crippen molar-refractivity contribution < 1.29 is 24.9 Å². The minimum atomic E-state index is -1.38. The second kappa shape index (κ2) is 8.50. The summed E-state index contributed by atoms with van der Waals surface area (Å²) < 4.78 is 7.14. The Labute approximate surface area is 179 Å². The van der Waals surface area contributed by atoms with Gasteiger partial charge in [0.25, 0.3) is 5.91 Å². The Kier molecular flexibility index (Phi) is 5.93. The molecule has 0 aliphatic heterocycles. The summed E-state index contributed by atoms with van der Waals surface area (Å²) in [7, 11) is 0. The highest BCUT2D eigenvalue weighted by molar-refractivity contribution is 5.82. The summed E-state index contributed by atoms with van der Waals surface area (Å²) in [6, 6.07) is 0.0815. The Morgan fingerprint density at radius 2 is 2.19 bits per heavy atom. The van der Waals surface area contributed by atoms with Crippen molar-refractivity contribution in [3.8, 4) is 0 Å². The van der Waals surface area contributed by atoms with Gasteiger partial charge in [0.15, 0.2) is 23.4 Å². The van der Waals surface area contributed by atoms with Gasteiger partial charge in [0.1, 0.15) is 24.0 Å². The summed E-state index contributed by atoms with van der Waals surface area (Å²) in [5.41, 5.74) is 6.01. The van der Waals surface area contributed by atoms with E-state index in [4.69, 9.17) is 10.5 Å². The van der Waals surface area contributed by atoms with Gasteiger partial charge in [-0.05, 0) is 44.1 Å². The van der Waals surface area contributed by atoms with Crippen LogP contribution < -0.4 is 11.1 Å². The zero-order chi connectivity index (χ0) is 22.2. The number of carbonyl (C=O) groups is 1. The molecule has 3 atom stereocenters. The molecule has 2 aliphatic carbocycles. The zero-order valence-corrected chi connectivity index (χ0v) is 17.2. The quantitative estimate of drug-likeness (QED) is 0.352. The van der Waals surface area contributed by atoms with Crippen LogP contribution in [-0.2, 0) is 21.9 Å². The fourth-order valence-electron chi connectivity index (χ4n) is 3.75. The van der Waals surface area contributed by atoms with Gasteiger partial charge in [-0.25, -0.2) is 15.0 Å². The number of nitrogens with one attached hydrogen (secondary N) is 1. The molecule has 2 aliphatic rings. The Bertz CT molecular complexity index is 990. The van der Waals surface area contributed by atoms with Gasteiger partial charge in [0, 0.05) is 6.04 Å². The van der Waals surface area contributed by atoms with Crippen LogP contribution in [0, 0.1) is 0 Å². The van der Waals surface area contributed by atoms with Crippen molar-refractivity contribution >= 4 is 22.9 Å². The number of rotatable bonds is 8. The van der Waals surface area contributed by atoms with E-state index in [1.165, 1.54) is 10.9 Å². The predicted molar refractivity (Wildman–Crippen MR) is 110 cm³/mol. The van der Waals surface area contributed by atoms with Crippen molar-refractivity contribution in [2.45, 2.75) is 69.1 Å². The Morgan fingerprint density at radius 3 is 2.87 bits per heavy atom. The lowest BCUT2D eigenvalue weighted by molar-refractivity contribution is -0.147. The van der Waals surface area contributed by atoms with Gasteiger partial charge in [-0.2, -0.15) is 0 Å². The van der Waals surface area contributed by atoms with Crippen LogP contribution in [0.5, 0.6) is 0 Å². The third-order valence-electron chi connectivity index (χ3n) is 5.82. The standard InChI is InChI=1S/C20H28N6O5/c1-11-4-2-3-7-20(11,30)19-24-16(21)14-17(25-19)26(9-22-14)10-31-15(13(28)8-27)18(29)23-12-5-6-12/h9,12-13,15,27-28,30H,1-8,10H2,(H,23,29)(H2,21,24,25)/t13?,15-,20?/m0/s1. The van der Waals surface area contributed by atoms with E-state index < -0.39 is 30.3 Å². The lowest BCUT2D eigenvalue weighted by atomic mass is 9.80. The molecule has 6 N–H and O–H groups in total. The molecule has 11 heteroatoms. The molecule has 168 valence electrons. The molecular weight excluding hydrogens is 404 g/mol. The van der Waals surface area contributed by atoms with Crippen LogP contribution in [0.15, 0.2) is 18.5 Å². The molecule has 0 bridgehead atoms. The average Bonchev–Trinajstić information content (AvgIpc) is 3.47. The van der Waals surface area contributed by atoms with Crippen LogP contribution >= 0.6 is 0 Å². The fraction of sp³-hybridized carbons (Fsp3) is 0.600. The van der Waals surface area contributed by atoms with Gasteiger partial charge in [-0.15, -0.1) is 0 Å². The number of nitrogen functional groups attached to an aromatic ring is 1. The third kappa shape index (κ3) is 4.26. The predicted octanol–water partition coefficient (Wildman–Crippen LogP) is -0.299. The SMILES string of the molecule is C=C1CCCCC1(O)c1nc(N)c2ncn(CO[C@H](C(=O)NC3CC3)C(O)CO)c2n1. The third-order valence-corrected chi connectivity index (χ3v) is 5.82. The fourth-order valence-corrected chi connectivity index (χ4v) is 3.75. The maximum Gasteiger partial charge on any atom is 0.252 e. The van der Waals surface area contributed by atoms with Crippen LogP contribution in [0.4, 0.5) is 5.82 Å². The number of aliphatic hydroxyl groups is 3. The van der Waals surface area contributed by atoms with E-state index in [0.29, 0.717) is 29.6 Å². The molecule has 0 spiro atoms. The molecule has 1 amide bonds. The molecule has 0 aromatic carbocycles. The highest BCUT2D eigenvalue weighted by atomic mass is 16.5. The highest BCUT2D eigenvalue weighted by Crippen LogP contribution is 2.39. The number of imidazole rings is 1. The molecule has 2 heterocycles. The van der Waals surface area contributed by atoms with Gasteiger partial charge in [0.05, 0.1) is 12.9 Å². The minimum absolute atomic E-state index is 0.0815. The topological polar surface area (TPSA) is 169 Å². The van der Waals surface area contributed by atoms with E-state index in [0.717, 1.165) is 25.7 Å². The van der Waals surface area contributed by atoms with E-state index in [1.54, 1.807) is 0 Å². The summed E-state index contributed by atoms with van der Waals surface area (Å²) in [6.45, 7) is 3.19. The zero-order valence-electron chi connectivity index (χ0n) is 17.2. The second-order valence-electron chi connectivity index (χ2n) is 8.24. The first kappa shape index (κ1) is 21.6. The molecule has 2 saturated carbocycles. The monoisotopic (exact) mass is 432 g/mol.